The van der Waals surface area contributed by atoms with Gasteiger partial charge >= 0.3 is 14.0 Å². The van der Waals surface area contributed by atoms with Gasteiger partial charge in [-0.3, -0.25) is 0 Å². The van der Waals surface area contributed by atoms with Crippen molar-refractivity contribution in [2.45, 2.75) is 0 Å². The third kappa shape index (κ3) is 6.25. The van der Waals surface area contributed by atoms with Gasteiger partial charge in [0.1, 0.15) is 0 Å². The van der Waals surface area contributed by atoms with Gasteiger partial charge in [0.15, 0.2) is 0 Å². The first-order valence-electron chi connectivity index (χ1n) is 25.7. The molecule has 0 aromatic heterocycles. The SMILES string of the molecule is c1ccc2c(c1)N(c1ccc3ccccc3c1)B(c1cc3ccc4cc(B5N(c6ccc7ccccc7c6)c6ccccc6N5c5ccc6ccccc6c5)cc5ccc(c1)c3c45)N2c1ccc2ccccc2c1. The van der Waals surface area contributed by atoms with E-state index in [1.807, 2.05) is 0 Å². The van der Waals surface area contributed by atoms with E-state index in [-0.39, 0.29) is 14.0 Å². The Kier molecular flexibility index (Phi) is 8.89. The summed E-state index contributed by atoms with van der Waals surface area (Å²) in [5, 5.41) is 17.4. The zero-order valence-electron chi connectivity index (χ0n) is 40.3. The maximum atomic E-state index is 2.55. The molecule has 0 N–H and O–H groups in total. The smallest absolute Gasteiger partial charge is 0.360 e. The predicted molar refractivity (Wildman–Crippen MR) is 318 cm³/mol. The van der Waals surface area contributed by atoms with Crippen LogP contribution < -0.4 is 30.2 Å². The standard InChI is InChI=1S/C68H44B2N4/c1-5-17-49-41-59(33-29-45(49)13-1)71-63-21-9-10-22-64(63)72(60-34-30-46-14-2-6-18-50(46)42-60)69(71)57-37-53-25-27-55-39-58(40-56-28-26-54(38-57)67(53)68(55)56)70-73(61-35-31-47-15-3-7-19-51(47)43-61)65-23-11-12-24-66(65)74(70)62-36-32-48-16-4-8-20-52(48)44-62/h1-44H. The summed E-state index contributed by atoms with van der Waals surface area (Å²) in [6, 6.07) is 99.6. The molecule has 2 aliphatic rings. The van der Waals surface area contributed by atoms with Crippen LogP contribution in [0, 0.1) is 0 Å². The Morgan fingerprint density at radius 1 is 0.189 bits per heavy atom. The third-order valence-electron chi connectivity index (χ3n) is 16.0. The molecule has 4 nitrogen and oxygen atoms in total. The van der Waals surface area contributed by atoms with Crippen molar-refractivity contribution in [1.29, 1.82) is 0 Å². The summed E-state index contributed by atoms with van der Waals surface area (Å²) in [6.07, 6.45) is 0. The third-order valence-corrected chi connectivity index (χ3v) is 16.0. The molecule has 0 saturated heterocycles. The molecular formula is C68H44B2N4. The molecule has 14 aromatic rings. The molecule has 0 saturated carbocycles. The van der Waals surface area contributed by atoms with Crippen LogP contribution in [0.15, 0.2) is 267 Å². The Morgan fingerprint density at radius 3 is 0.662 bits per heavy atom. The first kappa shape index (κ1) is 41.1. The maximum Gasteiger partial charge on any atom is 0.420 e. The molecule has 0 radical (unpaired) electrons. The fraction of sp³-hybridized carbons (Fsp3) is 0. The Bertz CT molecular complexity index is 4020. The normalized spacial score (nSPS) is 13.5. The van der Waals surface area contributed by atoms with E-state index in [1.54, 1.807) is 0 Å². The summed E-state index contributed by atoms with van der Waals surface area (Å²) in [7, 11) is 0. The van der Waals surface area contributed by atoms with Crippen molar-refractivity contribution >= 4 is 146 Å². The number of hydrogen-bond acceptors (Lipinski definition) is 4. The van der Waals surface area contributed by atoms with Gasteiger partial charge in [-0.05, 0) is 159 Å². The lowest BCUT2D eigenvalue weighted by Crippen LogP contribution is -2.53. The van der Waals surface area contributed by atoms with Gasteiger partial charge < -0.3 is 19.2 Å². The number of anilines is 8. The van der Waals surface area contributed by atoms with E-state index in [1.165, 1.54) is 109 Å². The summed E-state index contributed by atoms with van der Waals surface area (Å²) < 4.78 is 0. The highest BCUT2D eigenvalue weighted by Gasteiger charge is 2.45. The first-order valence-corrected chi connectivity index (χ1v) is 25.7. The molecule has 74 heavy (non-hydrogen) atoms. The molecule has 14 aromatic carbocycles. The fourth-order valence-electron chi connectivity index (χ4n) is 12.7. The monoisotopic (exact) mass is 938 g/mol. The van der Waals surface area contributed by atoms with Crippen molar-refractivity contribution in [2.75, 3.05) is 19.2 Å². The topological polar surface area (TPSA) is 13.0 Å². The van der Waals surface area contributed by atoms with Crippen molar-refractivity contribution in [3.8, 4) is 0 Å². The van der Waals surface area contributed by atoms with Crippen molar-refractivity contribution in [1.82, 2.24) is 0 Å². The number of rotatable bonds is 6. The second-order valence-corrected chi connectivity index (χ2v) is 20.1. The first-order chi connectivity index (χ1) is 36.7. The average molecular weight is 939 g/mol. The van der Waals surface area contributed by atoms with Crippen LogP contribution in [0.25, 0.3) is 75.4 Å². The molecule has 2 heterocycles. The highest BCUT2D eigenvalue weighted by atomic mass is 15.3. The summed E-state index contributed by atoms with van der Waals surface area (Å²) in [5.41, 5.74) is 11.8. The van der Waals surface area contributed by atoms with Crippen LogP contribution in [0.5, 0.6) is 0 Å². The lowest BCUT2D eigenvalue weighted by molar-refractivity contribution is 1.41. The number of nitrogens with zero attached hydrogens (tertiary/aromatic N) is 4. The van der Waals surface area contributed by atoms with E-state index in [0.29, 0.717) is 0 Å². The Hall–Kier alpha value is -9.51. The predicted octanol–water partition coefficient (Wildman–Crippen LogP) is 16.6. The van der Waals surface area contributed by atoms with Crippen LogP contribution in [-0.2, 0) is 0 Å². The minimum absolute atomic E-state index is 0.172. The molecule has 0 atom stereocenters. The fourth-order valence-corrected chi connectivity index (χ4v) is 12.7. The van der Waals surface area contributed by atoms with Gasteiger partial charge in [-0.25, -0.2) is 0 Å². The number of fused-ring (bicyclic) bond motifs is 6. The Morgan fingerprint density at radius 2 is 0.405 bits per heavy atom. The molecule has 6 heteroatoms. The molecule has 0 unspecified atom stereocenters. The molecule has 0 aliphatic carbocycles. The van der Waals surface area contributed by atoms with Crippen molar-refractivity contribution in [3.05, 3.63) is 267 Å². The van der Waals surface area contributed by atoms with E-state index < -0.39 is 0 Å². The van der Waals surface area contributed by atoms with Gasteiger partial charge in [-0.2, -0.15) is 0 Å². The lowest BCUT2D eigenvalue weighted by atomic mass is 9.62. The summed E-state index contributed by atoms with van der Waals surface area (Å²) >= 11 is 0. The molecular weight excluding hydrogens is 894 g/mol. The zero-order valence-corrected chi connectivity index (χ0v) is 40.3. The van der Waals surface area contributed by atoms with Crippen molar-refractivity contribution < 1.29 is 0 Å². The Labute approximate surface area is 429 Å². The number of benzene rings is 14. The molecule has 0 spiro atoms. The zero-order chi connectivity index (χ0) is 48.4. The highest BCUT2D eigenvalue weighted by Crippen LogP contribution is 2.50. The van der Waals surface area contributed by atoms with Gasteiger partial charge in [-0.1, -0.05) is 194 Å². The minimum atomic E-state index is -0.172. The van der Waals surface area contributed by atoms with Gasteiger partial charge in [-0.15, -0.1) is 0 Å². The van der Waals surface area contributed by atoms with Crippen molar-refractivity contribution in [3.63, 3.8) is 0 Å². The molecule has 16 rings (SSSR count). The molecule has 0 fully saturated rings. The van der Waals surface area contributed by atoms with Crippen molar-refractivity contribution in [2.24, 2.45) is 0 Å². The molecule has 0 bridgehead atoms. The van der Waals surface area contributed by atoms with Crippen LogP contribution in [0.3, 0.4) is 0 Å². The highest BCUT2D eigenvalue weighted by molar-refractivity contribution is 6.85. The number of para-hydroxylation sites is 4. The van der Waals surface area contributed by atoms with Crippen LogP contribution in [0.1, 0.15) is 0 Å². The van der Waals surface area contributed by atoms with E-state index in [9.17, 15) is 0 Å². The van der Waals surface area contributed by atoms with Gasteiger partial charge in [0.25, 0.3) is 0 Å². The second kappa shape index (κ2) is 16.0. The van der Waals surface area contributed by atoms with Gasteiger partial charge in [0.05, 0.1) is 22.7 Å². The second-order valence-electron chi connectivity index (χ2n) is 20.1. The quantitative estimate of drug-likeness (QED) is 0.122. The number of hydrogen-bond donors (Lipinski definition) is 0. The largest absolute Gasteiger partial charge is 0.420 e. The molecule has 342 valence electrons. The van der Waals surface area contributed by atoms with Gasteiger partial charge in [0.2, 0.25) is 0 Å². The molecule has 2 aliphatic heterocycles. The van der Waals surface area contributed by atoms with Crippen LogP contribution in [0.2, 0.25) is 0 Å². The van der Waals surface area contributed by atoms with E-state index >= 15 is 0 Å². The molecule has 0 amide bonds. The Balaban J connectivity index is 0.882. The lowest BCUT2D eigenvalue weighted by Gasteiger charge is -2.31. The van der Waals surface area contributed by atoms with E-state index in [4.69, 9.17) is 0 Å². The van der Waals surface area contributed by atoms with Gasteiger partial charge in [0, 0.05) is 22.7 Å². The summed E-state index contributed by atoms with van der Waals surface area (Å²) in [4.78, 5) is 10.2. The van der Waals surface area contributed by atoms with Crippen LogP contribution in [-0.4, -0.2) is 14.0 Å². The summed E-state index contributed by atoms with van der Waals surface area (Å²) in [6.45, 7) is -0.344. The minimum Gasteiger partial charge on any atom is -0.360 e. The van der Waals surface area contributed by atoms with E-state index in [0.717, 1.165) is 22.7 Å². The average Bonchev–Trinajstić information content (AvgIpc) is 4.01. The summed E-state index contributed by atoms with van der Waals surface area (Å²) in [5.74, 6) is 0. The van der Waals surface area contributed by atoms with E-state index in [2.05, 4.69) is 286 Å². The van der Waals surface area contributed by atoms with Crippen LogP contribution in [0.4, 0.5) is 45.5 Å². The maximum absolute atomic E-state index is 2.55. The van der Waals surface area contributed by atoms with Crippen LogP contribution >= 0.6 is 0 Å².